The summed E-state index contributed by atoms with van der Waals surface area (Å²) in [5.41, 5.74) is 7.34. The van der Waals surface area contributed by atoms with Gasteiger partial charge >= 0.3 is 0 Å². The fraction of sp³-hybridized carbons (Fsp3) is 0.231. The first-order valence-electron chi connectivity index (χ1n) is 6.26. The van der Waals surface area contributed by atoms with Gasteiger partial charge in [0.25, 0.3) is 5.91 Å². The minimum atomic E-state index is -0.222. The van der Waals surface area contributed by atoms with E-state index in [1.807, 2.05) is 6.92 Å². The van der Waals surface area contributed by atoms with Gasteiger partial charge in [-0.15, -0.1) is 5.10 Å². The summed E-state index contributed by atoms with van der Waals surface area (Å²) in [5, 5.41) is 15.8. The number of carbonyl (C=O) groups is 1. The SMILES string of the molecule is CCc1nnsc1C(=O)N(C)c1ccccc1/C(N)=N/O. The highest BCUT2D eigenvalue weighted by Gasteiger charge is 2.22. The topological polar surface area (TPSA) is 105 Å². The highest BCUT2D eigenvalue weighted by molar-refractivity contribution is 7.08. The second-order valence-corrected chi connectivity index (χ2v) is 5.02. The Morgan fingerprint density at radius 3 is 2.86 bits per heavy atom. The summed E-state index contributed by atoms with van der Waals surface area (Å²) in [7, 11) is 1.63. The molecule has 21 heavy (non-hydrogen) atoms. The molecule has 7 nitrogen and oxygen atoms in total. The molecule has 1 amide bonds. The number of aromatic nitrogens is 2. The number of oxime groups is 1. The molecular weight excluding hydrogens is 290 g/mol. The summed E-state index contributed by atoms with van der Waals surface area (Å²) >= 11 is 1.06. The van der Waals surface area contributed by atoms with Crippen molar-refractivity contribution in [3.05, 3.63) is 40.4 Å². The largest absolute Gasteiger partial charge is 0.409 e. The third-order valence-electron chi connectivity index (χ3n) is 3.04. The molecule has 0 radical (unpaired) electrons. The zero-order chi connectivity index (χ0) is 15.4. The molecule has 0 aliphatic carbocycles. The molecule has 2 aromatic rings. The van der Waals surface area contributed by atoms with Crippen LogP contribution in [0.15, 0.2) is 29.4 Å². The lowest BCUT2D eigenvalue weighted by atomic mass is 10.1. The maximum Gasteiger partial charge on any atom is 0.271 e. The third kappa shape index (κ3) is 2.84. The summed E-state index contributed by atoms with van der Waals surface area (Å²) in [6, 6.07) is 6.94. The van der Waals surface area contributed by atoms with E-state index in [1.54, 1.807) is 31.3 Å². The van der Waals surface area contributed by atoms with Crippen LogP contribution in [0.3, 0.4) is 0 Å². The van der Waals surface area contributed by atoms with Gasteiger partial charge in [-0.2, -0.15) is 0 Å². The van der Waals surface area contributed by atoms with Gasteiger partial charge in [-0.1, -0.05) is 28.7 Å². The summed E-state index contributed by atoms with van der Waals surface area (Å²) in [6.45, 7) is 1.91. The Morgan fingerprint density at radius 1 is 1.48 bits per heavy atom. The van der Waals surface area contributed by atoms with Gasteiger partial charge in [0.15, 0.2) is 5.84 Å². The number of aryl methyl sites for hydroxylation is 1. The van der Waals surface area contributed by atoms with E-state index in [4.69, 9.17) is 10.9 Å². The summed E-state index contributed by atoms with van der Waals surface area (Å²) < 4.78 is 3.82. The first-order valence-corrected chi connectivity index (χ1v) is 7.03. The van der Waals surface area contributed by atoms with E-state index < -0.39 is 0 Å². The number of nitrogens with zero attached hydrogens (tertiary/aromatic N) is 4. The lowest BCUT2D eigenvalue weighted by Crippen LogP contribution is -2.29. The molecule has 3 N–H and O–H groups in total. The van der Waals surface area contributed by atoms with Crippen LogP contribution < -0.4 is 10.6 Å². The van der Waals surface area contributed by atoms with E-state index in [9.17, 15) is 4.79 Å². The molecule has 0 unspecified atom stereocenters. The first-order chi connectivity index (χ1) is 10.1. The van der Waals surface area contributed by atoms with E-state index in [-0.39, 0.29) is 11.7 Å². The van der Waals surface area contributed by atoms with Crippen molar-refractivity contribution >= 4 is 29.0 Å². The van der Waals surface area contributed by atoms with Gasteiger partial charge in [0.05, 0.1) is 11.4 Å². The Balaban J connectivity index is 2.41. The Kier molecular flexibility index (Phi) is 4.49. The number of anilines is 1. The van der Waals surface area contributed by atoms with Crippen LogP contribution in [-0.2, 0) is 6.42 Å². The van der Waals surface area contributed by atoms with Crippen molar-refractivity contribution in [3.8, 4) is 0 Å². The molecule has 1 aromatic carbocycles. The Hall–Kier alpha value is -2.48. The monoisotopic (exact) mass is 305 g/mol. The van der Waals surface area contributed by atoms with E-state index in [1.165, 1.54) is 4.90 Å². The molecule has 1 heterocycles. The number of amides is 1. The predicted molar refractivity (Wildman–Crippen MR) is 81.0 cm³/mol. The lowest BCUT2D eigenvalue weighted by Gasteiger charge is -2.19. The zero-order valence-electron chi connectivity index (χ0n) is 11.6. The van der Waals surface area contributed by atoms with Crippen LogP contribution in [0.4, 0.5) is 5.69 Å². The van der Waals surface area contributed by atoms with Crippen LogP contribution in [0.5, 0.6) is 0 Å². The number of carbonyl (C=O) groups excluding carboxylic acids is 1. The molecule has 0 saturated carbocycles. The van der Waals surface area contributed by atoms with Crippen molar-refractivity contribution < 1.29 is 10.0 Å². The second-order valence-electron chi connectivity index (χ2n) is 4.27. The van der Waals surface area contributed by atoms with Crippen LogP contribution >= 0.6 is 11.5 Å². The molecule has 8 heteroatoms. The molecule has 0 aliphatic heterocycles. The normalized spacial score (nSPS) is 11.4. The molecule has 0 spiro atoms. The van der Waals surface area contributed by atoms with E-state index in [0.717, 1.165) is 11.5 Å². The van der Waals surface area contributed by atoms with Gasteiger partial charge in [-0.3, -0.25) is 4.79 Å². The molecule has 0 aliphatic rings. The Morgan fingerprint density at radius 2 is 2.19 bits per heavy atom. The van der Waals surface area contributed by atoms with Crippen LogP contribution in [-0.4, -0.2) is 33.6 Å². The number of amidine groups is 1. The van der Waals surface area contributed by atoms with Gasteiger partial charge < -0.3 is 15.8 Å². The highest BCUT2D eigenvalue weighted by Crippen LogP contribution is 2.23. The molecular formula is C13H15N5O2S. The van der Waals surface area contributed by atoms with Crippen molar-refractivity contribution in [2.24, 2.45) is 10.9 Å². The van der Waals surface area contributed by atoms with Gasteiger partial charge in [-0.05, 0) is 30.1 Å². The number of benzene rings is 1. The van der Waals surface area contributed by atoms with E-state index in [0.29, 0.717) is 28.2 Å². The maximum absolute atomic E-state index is 12.6. The number of nitrogens with two attached hydrogens (primary N) is 1. The minimum absolute atomic E-state index is 0.0524. The predicted octanol–water partition coefficient (Wildman–Crippen LogP) is 1.47. The van der Waals surface area contributed by atoms with E-state index in [2.05, 4.69) is 14.7 Å². The fourth-order valence-electron chi connectivity index (χ4n) is 1.90. The molecule has 0 fully saturated rings. The molecule has 0 atom stereocenters. The van der Waals surface area contributed by atoms with Gasteiger partial charge in [0.1, 0.15) is 4.88 Å². The van der Waals surface area contributed by atoms with Gasteiger partial charge in [-0.25, -0.2) is 0 Å². The standard InChI is InChI=1S/C13H15N5O2S/c1-3-9-11(21-17-15-9)13(19)18(2)10-7-5-4-6-8(10)12(14)16-20/h4-7,20H,3H2,1-2H3,(H2,14,16). The van der Waals surface area contributed by atoms with Crippen LogP contribution in [0.2, 0.25) is 0 Å². The Labute approximate surface area is 125 Å². The molecule has 110 valence electrons. The van der Waals surface area contributed by atoms with Gasteiger partial charge in [0, 0.05) is 12.6 Å². The summed E-state index contributed by atoms with van der Waals surface area (Å²) in [4.78, 5) is 14.5. The Bertz CT molecular complexity index is 683. The average molecular weight is 305 g/mol. The van der Waals surface area contributed by atoms with E-state index >= 15 is 0 Å². The summed E-state index contributed by atoms with van der Waals surface area (Å²) in [6.07, 6.45) is 0.632. The fourth-order valence-corrected chi connectivity index (χ4v) is 2.63. The summed E-state index contributed by atoms with van der Waals surface area (Å²) in [5.74, 6) is -0.275. The number of hydrogen-bond acceptors (Lipinski definition) is 6. The second kappa shape index (κ2) is 6.31. The van der Waals surface area contributed by atoms with Crippen molar-refractivity contribution in [3.63, 3.8) is 0 Å². The molecule has 0 bridgehead atoms. The van der Waals surface area contributed by atoms with Crippen molar-refractivity contribution in [1.29, 1.82) is 0 Å². The van der Waals surface area contributed by atoms with Crippen molar-refractivity contribution in [2.75, 3.05) is 11.9 Å². The third-order valence-corrected chi connectivity index (χ3v) is 3.79. The average Bonchev–Trinajstić information content (AvgIpc) is 3.01. The molecule has 2 rings (SSSR count). The van der Waals surface area contributed by atoms with Crippen LogP contribution in [0.1, 0.15) is 27.9 Å². The van der Waals surface area contributed by atoms with Crippen LogP contribution in [0.25, 0.3) is 0 Å². The number of hydrogen-bond donors (Lipinski definition) is 2. The van der Waals surface area contributed by atoms with Gasteiger partial charge in [0.2, 0.25) is 0 Å². The smallest absolute Gasteiger partial charge is 0.271 e. The van der Waals surface area contributed by atoms with Crippen LogP contribution in [0, 0.1) is 0 Å². The minimum Gasteiger partial charge on any atom is -0.409 e. The quantitative estimate of drug-likeness (QED) is 0.385. The first kappa shape index (κ1) is 14.9. The van der Waals surface area contributed by atoms with Crippen molar-refractivity contribution in [1.82, 2.24) is 9.59 Å². The lowest BCUT2D eigenvalue weighted by molar-refractivity contribution is 0.0996. The van der Waals surface area contributed by atoms with Crippen molar-refractivity contribution in [2.45, 2.75) is 13.3 Å². The maximum atomic E-state index is 12.6. The number of rotatable bonds is 4. The highest BCUT2D eigenvalue weighted by atomic mass is 32.1. The number of para-hydroxylation sites is 1. The molecule has 0 saturated heterocycles. The zero-order valence-corrected chi connectivity index (χ0v) is 12.5. The molecule has 1 aromatic heterocycles.